The third-order valence-electron chi connectivity index (χ3n) is 2.61. The fourth-order valence-electron chi connectivity index (χ4n) is 1.56. The fourth-order valence-corrected chi connectivity index (χ4v) is 2.71. The first-order valence-corrected chi connectivity index (χ1v) is 7.31. The number of aromatic nitrogens is 1. The van der Waals surface area contributed by atoms with E-state index in [2.05, 4.69) is 26.2 Å². The number of pyridine rings is 1. The molecule has 0 bridgehead atoms. The number of rotatable bonds is 4. The molecule has 0 aliphatic rings. The molecule has 100 valence electrons. The summed E-state index contributed by atoms with van der Waals surface area (Å²) < 4.78 is 0.741. The smallest absolute Gasteiger partial charge is 0.252 e. The molecule has 2 aromatic rings. The number of halogens is 1. The van der Waals surface area contributed by atoms with Gasteiger partial charge in [-0.25, -0.2) is 0 Å². The number of nitrogens with one attached hydrogen (secondary N) is 1. The number of carbonyl (C=O) groups excluding carboxylic acids is 1. The van der Waals surface area contributed by atoms with E-state index in [-0.39, 0.29) is 12.5 Å². The summed E-state index contributed by atoms with van der Waals surface area (Å²) in [4.78, 5) is 16.7. The molecule has 0 aliphatic carbocycles. The first-order valence-electron chi connectivity index (χ1n) is 5.64. The molecule has 0 fully saturated rings. The molecule has 19 heavy (non-hydrogen) atoms. The Morgan fingerprint density at radius 3 is 3.00 bits per heavy atom. The number of carbonyl (C=O) groups is 1. The average Bonchev–Trinajstić information content (AvgIpc) is 2.90. The van der Waals surface area contributed by atoms with E-state index in [9.17, 15) is 9.90 Å². The highest BCUT2D eigenvalue weighted by molar-refractivity contribution is 9.10. The van der Waals surface area contributed by atoms with Gasteiger partial charge in [0.05, 0.1) is 12.1 Å². The molecule has 2 aromatic heterocycles. The summed E-state index contributed by atoms with van der Waals surface area (Å²) in [6, 6.07) is 5.40. The van der Waals surface area contributed by atoms with Gasteiger partial charge >= 0.3 is 0 Å². The molecule has 1 unspecified atom stereocenters. The molecular weight excluding hydrogens is 328 g/mol. The third-order valence-corrected chi connectivity index (χ3v) is 4.17. The predicted octanol–water partition coefficient (Wildman–Crippen LogP) is 2.54. The Kier molecular flexibility index (Phi) is 4.34. The van der Waals surface area contributed by atoms with E-state index < -0.39 is 5.60 Å². The molecule has 0 saturated carbocycles. The summed E-state index contributed by atoms with van der Waals surface area (Å²) in [6.45, 7) is 1.83. The van der Waals surface area contributed by atoms with E-state index >= 15 is 0 Å². The van der Waals surface area contributed by atoms with Crippen LogP contribution in [0.25, 0.3) is 0 Å². The van der Waals surface area contributed by atoms with E-state index in [4.69, 9.17) is 0 Å². The van der Waals surface area contributed by atoms with E-state index in [1.807, 2.05) is 17.5 Å². The van der Waals surface area contributed by atoms with Gasteiger partial charge in [-0.3, -0.25) is 9.78 Å². The minimum atomic E-state index is -1.07. The van der Waals surface area contributed by atoms with E-state index in [1.54, 1.807) is 19.2 Å². The maximum Gasteiger partial charge on any atom is 0.252 e. The van der Waals surface area contributed by atoms with Gasteiger partial charge in [0.25, 0.3) is 5.91 Å². The molecular formula is C13H13BrN2O2S. The number of hydrogen-bond donors (Lipinski definition) is 2. The maximum atomic E-state index is 11.9. The molecule has 0 aromatic carbocycles. The lowest BCUT2D eigenvalue weighted by atomic mass is 10.1. The van der Waals surface area contributed by atoms with Crippen LogP contribution in [-0.4, -0.2) is 22.5 Å². The van der Waals surface area contributed by atoms with Crippen molar-refractivity contribution in [3.63, 3.8) is 0 Å². The van der Waals surface area contributed by atoms with Crippen LogP contribution in [0.2, 0.25) is 0 Å². The molecule has 2 rings (SSSR count). The van der Waals surface area contributed by atoms with Crippen LogP contribution >= 0.6 is 27.3 Å². The van der Waals surface area contributed by atoms with E-state index in [1.165, 1.54) is 17.5 Å². The van der Waals surface area contributed by atoms with Crippen molar-refractivity contribution < 1.29 is 9.90 Å². The molecule has 1 amide bonds. The lowest BCUT2D eigenvalue weighted by Gasteiger charge is -2.22. The van der Waals surface area contributed by atoms with Crippen molar-refractivity contribution in [3.8, 4) is 0 Å². The van der Waals surface area contributed by atoms with Gasteiger partial charge in [-0.15, -0.1) is 11.3 Å². The number of aliphatic hydroxyl groups is 1. The van der Waals surface area contributed by atoms with Gasteiger partial charge in [-0.2, -0.15) is 0 Å². The molecule has 2 heterocycles. The zero-order valence-corrected chi connectivity index (χ0v) is 12.7. The standard InChI is InChI=1S/C13H13BrN2O2S/c1-13(18,11-3-2-4-19-11)8-16-12(17)9-5-10(14)7-15-6-9/h2-7,18H,8H2,1H3,(H,16,17). The second-order valence-corrected chi connectivity index (χ2v) is 6.19. The fraction of sp³-hybridized carbons (Fsp3) is 0.231. The highest BCUT2D eigenvalue weighted by Crippen LogP contribution is 2.24. The largest absolute Gasteiger partial charge is 0.383 e. The van der Waals surface area contributed by atoms with Crippen LogP contribution in [0.1, 0.15) is 22.2 Å². The van der Waals surface area contributed by atoms with Crippen LogP contribution in [0, 0.1) is 0 Å². The van der Waals surface area contributed by atoms with Crippen LogP contribution in [0.3, 0.4) is 0 Å². The average molecular weight is 341 g/mol. The molecule has 0 spiro atoms. The minimum absolute atomic E-state index is 0.152. The lowest BCUT2D eigenvalue weighted by Crippen LogP contribution is -2.38. The third kappa shape index (κ3) is 3.62. The zero-order valence-electron chi connectivity index (χ0n) is 10.3. The highest BCUT2D eigenvalue weighted by atomic mass is 79.9. The Labute approximate surface area is 123 Å². The van der Waals surface area contributed by atoms with E-state index in [0.29, 0.717) is 5.56 Å². The van der Waals surface area contributed by atoms with Crippen molar-refractivity contribution in [2.75, 3.05) is 6.54 Å². The maximum absolute atomic E-state index is 11.9. The summed E-state index contributed by atoms with van der Waals surface area (Å²) in [6.07, 6.45) is 3.10. The zero-order chi connectivity index (χ0) is 13.9. The predicted molar refractivity (Wildman–Crippen MR) is 78.2 cm³/mol. The van der Waals surface area contributed by atoms with Crippen molar-refractivity contribution in [1.29, 1.82) is 0 Å². The van der Waals surface area contributed by atoms with Gasteiger partial charge in [0.15, 0.2) is 0 Å². The normalized spacial score (nSPS) is 13.8. The molecule has 1 atom stereocenters. The Morgan fingerprint density at radius 2 is 2.37 bits per heavy atom. The minimum Gasteiger partial charge on any atom is -0.383 e. The topological polar surface area (TPSA) is 62.2 Å². The summed E-state index contributed by atoms with van der Waals surface area (Å²) in [5.74, 6) is -0.259. The van der Waals surface area contributed by atoms with Gasteiger partial charge in [0, 0.05) is 21.7 Å². The van der Waals surface area contributed by atoms with Crippen LogP contribution in [-0.2, 0) is 5.60 Å². The Hall–Kier alpha value is -1.24. The van der Waals surface area contributed by atoms with E-state index in [0.717, 1.165) is 9.35 Å². The summed E-state index contributed by atoms with van der Waals surface area (Å²) in [7, 11) is 0. The van der Waals surface area contributed by atoms with Gasteiger partial charge in [0.2, 0.25) is 0 Å². The monoisotopic (exact) mass is 340 g/mol. The van der Waals surface area contributed by atoms with Crippen molar-refractivity contribution in [3.05, 3.63) is 50.9 Å². The van der Waals surface area contributed by atoms with Gasteiger partial charge in [-0.05, 0) is 40.4 Å². The summed E-state index contributed by atoms with van der Waals surface area (Å²) in [5.41, 5.74) is -0.611. The second kappa shape index (κ2) is 5.81. The van der Waals surface area contributed by atoms with Crippen molar-refractivity contribution in [2.45, 2.75) is 12.5 Å². The number of hydrogen-bond acceptors (Lipinski definition) is 4. The molecule has 0 aliphatic heterocycles. The van der Waals surface area contributed by atoms with Crippen LogP contribution in [0.4, 0.5) is 0 Å². The summed E-state index contributed by atoms with van der Waals surface area (Å²) >= 11 is 4.72. The quantitative estimate of drug-likeness (QED) is 0.898. The van der Waals surface area contributed by atoms with Gasteiger partial charge in [-0.1, -0.05) is 6.07 Å². The first kappa shape index (κ1) is 14.2. The summed E-state index contributed by atoms with van der Waals surface area (Å²) in [5, 5.41) is 14.9. The molecule has 0 radical (unpaired) electrons. The van der Waals surface area contributed by atoms with Crippen LogP contribution < -0.4 is 5.32 Å². The van der Waals surface area contributed by atoms with Gasteiger partial charge < -0.3 is 10.4 Å². The Bertz CT molecular complexity index is 570. The lowest BCUT2D eigenvalue weighted by molar-refractivity contribution is 0.0556. The van der Waals surface area contributed by atoms with Crippen LogP contribution in [0.5, 0.6) is 0 Å². The van der Waals surface area contributed by atoms with Crippen molar-refractivity contribution >= 4 is 33.2 Å². The number of thiophene rings is 1. The Balaban J connectivity index is 2.01. The SMILES string of the molecule is CC(O)(CNC(=O)c1cncc(Br)c1)c1cccs1. The number of amides is 1. The highest BCUT2D eigenvalue weighted by Gasteiger charge is 2.25. The molecule has 6 heteroatoms. The van der Waals surface area contributed by atoms with Gasteiger partial charge in [0.1, 0.15) is 5.60 Å². The Morgan fingerprint density at radius 1 is 1.58 bits per heavy atom. The molecule has 2 N–H and O–H groups in total. The molecule has 0 saturated heterocycles. The van der Waals surface area contributed by atoms with Crippen molar-refractivity contribution in [2.24, 2.45) is 0 Å². The second-order valence-electron chi connectivity index (χ2n) is 4.33. The van der Waals surface area contributed by atoms with Crippen LogP contribution in [0.15, 0.2) is 40.4 Å². The van der Waals surface area contributed by atoms with Crippen molar-refractivity contribution in [1.82, 2.24) is 10.3 Å². The first-order chi connectivity index (χ1) is 8.99. The number of nitrogens with zero attached hydrogens (tertiary/aromatic N) is 1. The molecule has 4 nitrogen and oxygen atoms in total.